The van der Waals surface area contributed by atoms with E-state index in [2.05, 4.69) is 4.74 Å². The Kier molecular flexibility index (Phi) is 2.18. The van der Waals surface area contributed by atoms with Crippen LogP contribution in [0.5, 0.6) is 0 Å². The molecule has 0 N–H and O–H groups in total. The summed E-state index contributed by atoms with van der Waals surface area (Å²) in [5, 5.41) is 2.00. The van der Waals surface area contributed by atoms with Gasteiger partial charge in [-0.25, -0.2) is 0 Å². The number of ether oxygens (including phenoxy) is 1. The van der Waals surface area contributed by atoms with Gasteiger partial charge in [0.25, 0.3) is 0 Å². The molecule has 0 bridgehead atoms. The van der Waals surface area contributed by atoms with Crippen molar-refractivity contribution in [3.63, 3.8) is 0 Å². The number of hydrogen-bond acceptors (Lipinski definition) is 2. The third-order valence-corrected chi connectivity index (χ3v) is 0.407. The highest BCUT2D eigenvalue weighted by Crippen LogP contribution is 2.14. The maximum atomic E-state index is 11.5. The van der Waals surface area contributed by atoms with E-state index in [1.807, 2.05) is 10.0 Å². The number of alkyl halides is 2. The fourth-order valence-corrected chi connectivity index (χ4v) is 0.0929. The highest BCUT2D eigenvalue weighted by Gasteiger charge is 2.25. The summed E-state index contributed by atoms with van der Waals surface area (Å²) >= 11 is 0. The van der Waals surface area contributed by atoms with E-state index in [0.717, 1.165) is 7.11 Å². The van der Waals surface area contributed by atoms with Crippen molar-refractivity contribution in [1.82, 2.24) is 0 Å². The first kappa shape index (κ1) is 7.13. The van der Waals surface area contributed by atoms with Crippen molar-refractivity contribution < 1.29 is 13.5 Å². The van der Waals surface area contributed by atoms with Gasteiger partial charge < -0.3 is 4.74 Å². The molecule has 0 aliphatic heterocycles. The highest BCUT2D eigenvalue weighted by atomic mass is 19.3. The van der Waals surface area contributed by atoms with Gasteiger partial charge in [0.15, 0.2) is 0 Å². The predicted octanol–water partition coefficient (Wildman–Crippen LogP) is 1.49. The lowest BCUT2D eigenvalue weighted by atomic mass is 11.1. The number of azide groups is 1. The van der Waals surface area contributed by atoms with Crippen LogP contribution in [0.25, 0.3) is 10.4 Å². The Morgan fingerprint density at radius 3 is 2.38 bits per heavy atom. The van der Waals surface area contributed by atoms with Crippen molar-refractivity contribution in [2.24, 2.45) is 5.11 Å². The van der Waals surface area contributed by atoms with Crippen LogP contribution in [0, 0.1) is 0 Å². The quantitative estimate of drug-likeness (QED) is 0.237. The van der Waals surface area contributed by atoms with Crippen LogP contribution in [0.3, 0.4) is 0 Å². The minimum absolute atomic E-state index is 0.745. The first-order chi connectivity index (χ1) is 3.62. The third kappa shape index (κ3) is 2.33. The van der Waals surface area contributed by atoms with Crippen LogP contribution < -0.4 is 0 Å². The molecule has 0 unspecified atom stereocenters. The van der Waals surface area contributed by atoms with E-state index >= 15 is 0 Å². The molecule has 0 fully saturated rings. The van der Waals surface area contributed by atoms with Gasteiger partial charge in [0.1, 0.15) is 0 Å². The second-order valence-corrected chi connectivity index (χ2v) is 0.880. The van der Waals surface area contributed by atoms with Gasteiger partial charge in [-0.2, -0.15) is 8.78 Å². The van der Waals surface area contributed by atoms with Gasteiger partial charge in [0.2, 0.25) is 0 Å². The van der Waals surface area contributed by atoms with Crippen LogP contribution in [0.4, 0.5) is 8.78 Å². The molecule has 0 atom stereocenters. The first-order valence-electron chi connectivity index (χ1n) is 1.61. The molecule has 0 spiro atoms. The van der Waals surface area contributed by atoms with E-state index in [1.165, 1.54) is 0 Å². The summed E-state index contributed by atoms with van der Waals surface area (Å²) < 4.78 is 26.4. The molecule has 0 aromatic carbocycles. The van der Waals surface area contributed by atoms with Crippen LogP contribution >= 0.6 is 0 Å². The fraction of sp³-hybridized carbons (Fsp3) is 1.00. The number of rotatable bonds is 2. The summed E-state index contributed by atoms with van der Waals surface area (Å²) in [6.07, 6.45) is -3.70. The largest absolute Gasteiger partial charge is 0.436 e. The molecule has 0 radical (unpaired) electrons. The summed E-state index contributed by atoms with van der Waals surface area (Å²) in [5.41, 5.74) is 7.43. The molecule has 6 heteroatoms. The van der Waals surface area contributed by atoms with Gasteiger partial charge in [-0.05, 0) is 5.53 Å². The standard InChI is InChI=1S/C2H3F2N3O/c1-8-2(3,4)6-7-5/h1H3. The molecule has 4 nitrogen and oxygen atoms in total. The third-order valence-electron chi connectivity index (χ3n) is 0.407. The summed E-state index contributed by atoms with van der Waals surface area (Å²) in [6, 6.07) is 0. The van der Waals surface area contributed by atoms with Crippen LogP contribution in [0.1, 0.15) is 0 Å². The smallest absolute Gasteiger partial charge is 0.319 e. The molecule has 0 saturated heterocycles. The average molecular weight is 123 g/mol. The van der Waals surface area contributed by atoms with E-state index in [0.29, 0.717) is 0 Å². The Morgan fingerprint density at radius 2 is 2.25 bits per heavy atom. The summed E-state index contributed by atoms with van der Waals surface area (Å²) in [7, 11) is 0.745. The van der Waals surface area contributed by atoms with Crippen LogP contribution in [-0.4, -0.2) is 13.3 Å². The molecule has 46 valence electrons. The van der Waals surface area contributed by atoms with E-state index in [9.17, 15) is 8.78 Å². The molecule has 0 aromatic rings. The van der Waals surface area contributed by atoms with Crippen molar-refractivity contribution in [3.8, 4) is 0 Å². The molecule has 0 saturated carbocycles. The van der Waals surface area contributed by atoms with E-state index < -0.39 is 6.23 Å². The fourth-order valence-electron chi connectivity index (χ4n) is 0.0929. The van der Waals surface area contributed by atoms with Crippen LogP contribution in [0.15, 0.2) is 5.11 Å². The topological polar surface area (TPSA) is 58.0 Å². The lowest BCUT2D eigenvalue weighted by Gasteiger charge is -2.02. The minimum Gasteiger partial charge on any atom is -0.319 e. The molecule has 8 heavy (non-hydrogen) atoms. The summed E-state index contributed by atoms with van der Waals surface area (Å²) in [5.74, 6) is 0. The molecule has 0 amide bonds. The first-order valence-corrected chi connectivity index (χ1v) is 1.61. The Morgan fingerprint density at radius 1 is 1.75 bits per heavy atom. The minimum atomic E-state index is -3.70. The monoisotopic (exact) mass is 123 g/mol. The molecule has 0 aliphatic rings. The van der Waals surface area contributed by atoms with Crippen LogP contribution in [-0.2, 0) is 4.74 Å². The summed E-state index contributed by atoms with van der Waals surface area (Å²) in [6.45, 7) is 0. The zero-order valence-corrected chi connectivity index (χ0v) is 4.01. The van der Waals surface area contributed by atoms with Crippen molar-refractivity contribution in [2.75, 3.05) is 7.11 Å². The van der Waals surface area contributed by atoms with Crippen molar-refractivity contribution in [1.29, 1.82) is 0 Å². The summed E-state index contributed by atoms with van der Waals surface area (Å²) in [4.78, 5) is 1.83. The zero-order valence-electron chi connectivity index (χ0n) is 4.01. The lowest BCUT2D eigenvalue weighted by Crippen LogP contribution is -2.12. The number of methoxy groups -OCH3 is 1. The molecular weight excluding hydrogens is 120 g/mol. The van der Waals surface area contributed by atoms with Crippen molar-refractivity contribution in [2.45, 2.75) is 6.23 Å². The molecule has 0 rings (SSSR count). The maximum absolute atomic E-state index is 11.5. The van der Waals surface area contributed by atoms with Gasteiger partial charge in [-0.1, -0.05) is 0 Å². The second kappa shape index (κ2) is 2.44. The van der Waals surface area contributed by atoms with Gasteiger partial charge in [0.05, 0.1) is 0 Å². The van der Waals surface area contributed by atoms with E-state index in [-0.39, 0.29) is 0 Å². The van der Waals surface area contributed by atoms with Gasteiger partial charge >= 0.3 is 6.23 Å². The highest BCUT2D eigenvalue weighted by molar-refractivity contribution is 4.47. The number of hydrogen-bond donors (Lipinski definition) is 0. The van der Waals surface area contributed by atoms with Gasteiger partial charge in [-0.15, -0.1) is 0 Å². The second-order valence-electron chi connectivity index (χ2n) is 0.880. The Bertz CT molecular complexity index is 118. The Hall–Kier alpha value is -0.870. The molecule has 0 aliphatic carbocycles. The van der Waals surface area contributed by atoms with Gasteiger partial charge in [0, 0.05) is 17.1 Å². The van der Waals surface area contributed by atoms with E-state index in [1.54, 1.807) is 0 Å². The van der Waals surface area contributed by atoms with Crippen molar-refractivity contribution >= 4 is 0 Å². The van der Waals surface area contributed by atoms with Gasteiger partial charge in [-0.3, -0.25) is 0 Å². The molecule has 0 aromatic heterocycles. The number of nitrogens with zero attached hydrogens (tertiary/aromatic N) is 3. The SMILES string of the molecule is COC(F)(F)N=[N+]=[N-]. The van der Waals surface area contributed by atoms with E-state index in [4.69, 9.17) is 5.53 Å². The normalized spacial score (nSPS) is 10.4. The number of halogens is 2. The Balaban J connectivity index is 3.90. The molecular formula is C2H3F2N3O. The average Bonchev–Trinajstić information content (AvgIpc) is 1.67. The molecule has 0 heterocycles. The predicted molar refractivity (Wildman–Crippen MR) is 21.1 cm³/mol. The lowest BCUT2D eigenvalue weighted by molar-refractivity contribution is -0.215. The maximum Gasteiger partial charge on any atom is 0.436 e. The Labute approximate surface area is 43.7 Å². The van der Waals surface area contributed by atoms with Crippen molar-refractivity contribution in [3.05, 3.63) is 10.4 Å². The zero-order chi connectivity index (χ0) is 6.62. The van der Waals surface area contributed by atoms with Crippen LogP contribution in [0.2, 0.25) is 0 Å².